The second-order valence-corrected chi connectivity index (χ2v) is 5.40. The molecule has 0 saturated carbocycles. The van der Waals surface area contributed by atoms with Crippen LogP contribution in [0.25, 0.3) is 0 Å². The minimum atomic E-state index is -0.263. The summed E-state index contributed by atoms with van der Waals surface area (Å²) in [6, 6.07) is 6.99. The van der Waals surface area contributed by atoms with Crippen molar-refractivity contribution in [2.45, 2.75) is 19.0 Å². The highest BCUT2D eigenvalue weighted by Gasteiger charge is 2.22. The fourth-order valence-electron chi connectivity index (χ4n) is 2.45. The summed E-state index contributed by atoms with van der Waals surface area (Å²) in [4.78, 5) is 15.8. The number of halogens is 1. The number of hydrogen-bond donors (Lipinski definition) is 1. The monoisotopic (exact) mass is 279 g/mol. The van der Waals surface area contributed by atoms with Gasteiger partial charge in [0.25, 0.3) is 0 Å². The second kappa shape index (κ2) is 6.81. The molecule has 0 aromatic heterocycles. The molecule has 1 aliphatic rings. The van der Waals surface area contributed by atoms with Gasteiger partial charge in [0.15, 0.2) is 0 Å². The van der Waals surface area contributed by atoms with E-state index < -0.39 is 0 Å². The molecule has 1 saturated heterocycles. The Morgan fingerprint density at radius 3 is 2.80 bits per heavy atom. The van der Waals surface area contributed by atoms with Crippen LogP contribution in [0.4, 0.5) is 4.39 Å². The van der Waals surface area contributed by atoms with Crippen molar-refractivity contribution in [3.05, 3.63) is 35.6 Å². The molecule has 1 unspecified atom stereocenters. The molecule has 0 bridgehead atoms. The van der Waals surface area contributed by atoms with E-state index >= 15 is 0 Å². The van der Waals surface area contributed by atoms with Crippen molar-refractivity contribution in [3.8, 4) is 0 Å². The van der Waals surface area contributed by atoms with Crippen molar-refractivity contribution in [1.29, 1.82) is 0 Å². The van der Waals surface area contributed by atoms with Crippen molar-refractivity contribution in [3.63, 3.8) is 0 Å². The topological polar surface area (TPSA) is 35.6 Å². The molecule has 5 heteroatoms. The number of carbonyl (C=O) groups is 1. The Morgan fingerprint density at radius 1 is 1.40 bits per heavy atom. The Hall–Kier alpha value is -1.46. The predicted octanol–water partition coefficient (Wildman–Crippen LogP) is 1.08. The normalized spacial score (nSPS) is 18.5. The zero-order valence-electron chi connectivity index (χ0n) is 12.1. The van der Waals surface area contributed by atoms with Gasteiger partial charge in [0.05, 0.1) is 6.54 Å². The van der Waals surface area contributed by atoms with Crippen molar-refractivity contribution >= 4 is 5.91 Å². The molecule has 1 atom stereocenters. The highest BCUT2D eigenvalue weighted by molar-refractivity contribution is 5.78. The smallest absolute Gasteiger partial charge is 0.236 e. The molecule has 0 aliphatic carbocycles. The third-order valence-corrected chi connectivity index (χ3v) is 3.83. The molecule has 4 nitrogen and oxygen atoms in total. The first kappa shape index (κ1) is 14.9. The number of hydrogen-bond acceptors (Lipinski definition) is 3. The molecule has 0 spiro atoms. The first-order valence-electron chi connectivity index (χ1n) is 6.96. The van der Waals surface area contributed by atoms with Gasteiger partial charge in [0.1, 0.15) is 5.82 Å². The van der Waals surface area contributed by atoms with Crippen molar-refractivity contribution in [2.24, 2.45) is 0 Å². The fourth-order valence-corrected chi connectivity index (χ4v) is 2.45. The minimum absolute atomic E-state index is 0.0163. The van der Waals surface area contributed by atoms with E-state index in [1.54, 1.807) is 30.1 Å². The average molecular weight is 279 g/mol. The minimum Gasteiger partial charge on any atom is -0.340 e. The number of likely N-dealkylation sites (N-methyl/N-ethyl adjacent to an activating group) is 2. The summed E-state index contributed by atoms with van der Waals surface area (Å²) in [6.07, 6.45) is 1.07. The molecule has 2 rings (SSSR count). The van der Waals surface area contributed by atoms with Crippen LogP contribution in [-0.4, -0.2) is 55.5 Å². The maximum atomic E-state index is 13.6. The molecule has 1 aliphatic heterocycles. The highest BCUT2D eigenvalue weighted by Crippen LogP contribution is 2.10. The summed E-state index contributed by atoms with van der Waals surface area (Å²) >= 11 is 0. The lowest BCUT2D eigenvalue weighted by atomic mass is 10.2. The van der Waals surface area contributed by atoms with E-state index in [9.17, 15) is 9.18 Å². The number of benzene rings is 1. The van der Waals surface area contributed by atoms with Crippen molar-refractivity contribution in [2.75, 3.05) is 33.7 Å². The van der Waals surface area contributed by atoms with Crippen LogP contribution in [0.15, 0.2) is 24.3 Å². The lowest BCUT2D eigenvalue weighted by Gasteiger charge is -2.26. The summed E-state index contributed by atoms with van der Waals surface area (Å²) < 4.78 is 13.6. The van der Waals surface area contributed by atoms with Crippen LogP contribution in [0, 0.1) is 5.82 Å². The molecular formula is C15H22FN3O. The highest BCUT2D eigenvalue weighted by atomic mass is 19.1. The lowest BCUT2D eigenvalue weighted by Crippen LogP contribution is -2.42. The Kier molecular flexibility index (Phi) is 5.09. The van der Waals surface area contributed by atoms with Gasteiger partial charge in [0, 0.05) is 31.7 Å². The summed E-state index contributed by atoms with van der Waals surface area (Å²) in [7, 11) is 3.68. The maximum absolute atomic E-state index is 13.6. The number of nitrogens with zero attached hydrogens (tertiary/aromatic N) is 2. The third kappa shape index (κ3) is 3.77. The van der Waals surface area contributed by atoms with Crippen molar-refractivity contribution < 1.29 is 9.18 Å². The van der Waals surface area contributed by atoms with Gasteiger partial charge in [-0.2, -0.15) is 0 Å². The van der Waals surface area contributed by atoms with Gasteiger partial charge in [-0.3, -0.25) is 9.69 Å². The Bertz CT molecular complexity index is 460. The van der Waals surface area contributed by atoms with Gasteiger partial charge in [-0.15, -0.1) is 0 Å². The maximum Gasteiger partial charge on any atom is 0.236 e. The third-order valence-electron chi connectivity index (χ3n) is 3.83. The van der Waals surface area contributed by atoms with Crippen LogP contribution >= 0.6 is 0 Å². The van der Waals surface area contributed by atoms with Crippen LogP contribution < -0.4 is 5.32 Å². The van der Waals surface area contributed by atoms with E-state index in [4.69, 9.17) is 0 Å². The first-order valence-corrected chi connectivity index (χ1v) is 6.96. The summed E-state index contributed by atoms with van der Waals surface area (Å²) in [5.74, 6) is -0.247. The number of rotatable bonds is 5. The number of nitrogens with one attached hydrogen (secondary N) is 1. The average Bonchev–Trinajstić information content (AvgIpc) is 2.95. The Balaban J connectivity index is 1.87. The standard InChI is InChI=1S/C15H22FN3O/c1-18(13-7-8-17-9-13)11-15(20)19(2)10-12-5-3-4-6-14(12)16/h3-6,13,17H,7-11H2,1-2H3. The summed E-state index contributed by atoms with van der Waals surface area (Å²) in [6.45, 7) is 2.62. The van der Waals surface area contributed by atoms with Crippen LogP contribution in [0.2, 0.25) is 0 Å². The second-order valence-electron chi connectivity index (χ2n) is 5.40. The van der Waals surface area contributed by atoms with E-state index in [0.29, 0.717) is 24.7 Å². The molecule has 1 fully saturated rings. The van der Waals surface area contributed by atoms with E-state index in [-0.39, 0.29) is 11.7 Å². The molecule has 110 valence electrons. The molecule has 1 aromatic carbocycles. The summed E-state index contributed by atoms with van der Waals surface area (Å²) in [5, 5.41) is 3.29. The molecule has 20 heavy (non-hydrogen) atoms. The van der Waals surface area contributed by atoms with E-state index in [0.717, 1.165) is 19.5 Å². The molecule has 1 aromatic rings. The quantitative estimate of drug-likeness (QED) is 0.876. The molecular weight excluding hydrogens is 257 g/mol. The van der Waals surface area contributed by atoms with Gasteiger partial charge in [-0.1, -0.05) is 18.2 Å². The SMILES string of the molecule is CN(Cc1ccccc1F)C(=O)CN(C)C1CCNC1. The van der Waals surface area contributed by atoms with E-state index in [1.165, 1.54) is 6.07 Å². The molecule has 0 radical (unpaired) electrons. The van der Waals surface area contributed by atoms with Gasteiger partial charge in [-0.25, -0.2) is 4.39 Å². The van der Waals surface area contributed by atoms with Crippen LogP contribution in [0.3, 0.4) is 0 Å². The first-order chi connectivity index (χ1) is 9.58. The molecule has 1 N–H and O–H groups in total. The fraction of sp³-hybridized carbons (Fsp3) is 0.533. The summed E-state index contributed by atoms with van der Waals surface area (Å²) in [5.41, 5.74) is 0.550. The number of carbonyl (C=O) groups excluding carboxylic acids is 1. The van der Waals surface area contributed by atoms with Crippen LogP contribution in [0.1, 0.15) is 12.0 Å². The van der Waals surface area contributed by atoms with Gasteiger partial charge in [0.2, 0.25) is 5.91 Å². The van der Waals surface area contributed by atoms with E-state index in [2.05, 4.69) is 10.2 Å². The van der Waals surface area contributed by atoms with E-state index in [1.807, 2.05) is 7.05 Å². The number of amides is 1. The van der Waals surface area contributed by atoms with Gasteiger partial charge in [-0.05, 0) is 26.1 Å². The lowest BCUT2D eigenvalue weighted by molar-refractivity contribution is -0.131. The zero-order chi connectivity index (χ0) is 14.5. The largest absolute Gasteiger partial charge is 0.340 e. The zero-order valence-corrected chi connectivity index (χ0v) is 12.1. The predicted molar refractivity (Wildman–Crippen MR) is 76.8 cm³/mol. The van der Waals surface area contributed by atoms with Crippen molar-refractivity contribution in [1.82, 2.24) is 15.1 Å². The molecule has 1 heterocycles. The Morgan fingerprint density at radius 2 is 2.15 bits per heavy atom. The van der Waals surface area contributed by atoms with Gasteiger partial charge >= 0.3 is 0 Å². The van der Waals surface area contributed by atoms with Crippen LogP contribution in [-0.2, 0) is 11.3 Å². The van der Waals surface area contributed by atoms with Gasteiger partial charge < -0.3 is 10.2 Å². The Labute approximate surface area is 119 Å². The molecule has 1 amide bonds. The van der Waals surface area contributed by atoms with Crippen LogP contribution in [0.5, 0.6) is 0 Å².